The van der Waals surface area contributed by atoms with Crippen molar-refractivity contribution in [3.8, 4) is 0 Å². The lowest BCUT2D eigenvalue weighted by Gasteiger charge is -2.30. The molecular weight excluding hydrogens is 663 g/mol. The number of allylic oxidation sites excluding steroid dienone is 1. The van der Waals surface area contributed by atoms with Crippen LogP contribution in [0.15, 0.2) is 11.3 Å². The maximum atomic E-state index is 11.7. The first-order valence-corrected chi connectivity index (χ1v) is 17.6. The smallest absolute Gasteiger partial charge is 0.352 e. The van der Waals surface area contributed by atoms with Crippen molar-refractivity contribution in [2.75, 3.05) is 5.34 Å². The summed E-state index contributed by atoms with van der Waals surface area (Å²) in [5.41, 5.74) is -0.361. The molecule has 2 rings (SSSR count). The van der Waals surface area contributed by atoms with Gasteiger partial charge in [-0.3, -0.25) is 14.4 Å². The lowest BCUT2D eigenvalue weighted by atomic mass is 10.1. The number of aliphatic hydroxyl groups excluding tert-OH is 1. The number of alkyl halides is 2. The van der Waals surface area contributed by atoms with Gasteiger partial charge in [0.05, 0.1) is 5.34 Å². The number of rotatable bonds is 16. The molecule has 0 aromatic rings. The third-order valence-electron chi connectivity index (χ3n) is 6.38. The van der Waals surface area contributed by atoms with Crippen LogP contribution in [0.4, 0.5) is 0 Å². The van der Waals surface area contributed by atoms with Crippen molar-refractivity contribution in [2.24, 2.45) is 0 Å². The highest BCUT2D eigenvalue weighted by atomic mass is 35.5. The number of unbranched alkanes of at least 4 members (excludes halogenated alkanes) is 12. The highest BCUT2D eigenvalue weighted by Crippen LogP contribution is 2.25. The first-order chi connectivity index (χ1) is 21.6. The molecule has 1 N–H and O–H groups in total. The number of aliphatic hydroxyl groups is 1. The van der Waals surface area contributed by atoms with E-state index in [9.17, 15) is 29.1 Å². The van der Waals surface area contributed by atoms with Gasteiger partial charge in [-0.05, 0) is 24.4 Å². The maximum Gasteiger partial charge on any atom is 0.352 e. The predicted molar refractivity (Wildman–Crippen MR) is 179 cm³/mol. The molecule has 2 aliphatic rings. The summed E-state index contributed by atoms with van der Waals surface area (Å²) in [6.07, 6.45) is 16.9. The highest BCUT2D eigenvalue weighted by Gasteiger charge is 2.41. The van der Waals surface area contributed by atoms with Gasteiger partial charge in [0.25, 0.3) is 11.6 Å². The van der Waals surface area contributed by atoms with E-state index in [0.29, 0.717) is 12.8 Å². The van der Waals surface area contributed by atoms with E-state index < -0.39 is 35.5 Å². The third-order valence-corrected chi connectivity index (χ3v) is 6.56. The SMILES string of the molecule is CC1(C)OC(=O)CC(=O)O1.CCCCCCCCCC(=O)Cl.CCCCCCCCCC(O)=C1C(=O)OC(C)(C)OC1=O.ClCCl. The zero-order valence-corrected chi connectivity index (χ0v) is 30.8. The summed E-state index contributed by atoms with van der Waals surface area (Å²) in [4.78, 5) is 54.9. The number of ether oxygens (including phenoxy) is 4. The molecule has 10 nitrogen and oxygen atoms in total. The van der Waals surface area contributed by atoms with Gasteiger partial charge < -0.3 is 24.1 Å². The summed E-state index contributed by atoms with van der Waals surface area (Å²) in [6, 6.07) is 0. The molecule has 0 aliphatic carbocycles. The van der Waals surface area contributed by atoms with Crippen molar-refractivity contribution < 1.29 is 48.0 Å². The van der Waals surface area contributed by atoms with Gasteiger partial charge in [-0.2, -0.15) is 0 Å². The van der Waals surface area contributed by atoms with E-state index in [1.54, 1.807) is 0 Å². The summed E-state index contributed by atoms with van der Waals surface area (Å²) >= 11 is 14.7. The van der Waals surface area contributed by atoms with Crippen molar-refractivity contribution in [1.82, 2.24) is 0 Å². The van der Waals surface area contributed by atoms with Crippen LogP contribution < -0.4 is 0 Å². The van der Waals surface area contributed by atoms with Crippen LogP contribution in [0.1, 0.15) is 151 Å². The van der Waals surface area contributed by atoms with E-state index >= 15 is 0 Å². The summed E-state index contributed by atoms with van der Waals surface area (Å²) < 4.78 is 19.2. The quantitative estimate of drug-likeness (QED) is 0.0240. The molecule has 0 spiro atoms. The topological polar surface area (TPSA) is 143 Å². The van der Waals surface area contributed by atoms with E-state index in [1.165, 1.54) is 85.5 Å². The Morgan fingerprint density at radius 1 is 0.630 bits per heavy atom. The summed E-state index contributed by atoms with van der Waals surface area (Å²) in [5.74, 6) is -5.24. The summed E-state index contributed by atoms with van der Waals surface area (Å²) in [6.45, 7) is 10.4. The van der Waals surface area contributed by atoms with E-state index in [0.717, 1.165) is 32.1 Å². The second kappa shape index (κ2) is 27.0. The van der Waals surface area contributed by atoms with Crippen molar-refractivity contribution in [3.63, 3.8) is 0 Å². The van der Waals surface area contributed by atoms with Crippen molar-refractivity contribution >= 4 is 63.9 Å². The monoisotopic (exact) mass is 716 g/mol. The van der Waals surface area contributed by atoms with Gasteiger partial charge in [-0.15, -0.1) is 23.2 Å². The summed E-state index contributed by atoms with van der Waals surface area (Å²) in [7, 11) is 0. The standard InChI is InChI=1S/C16H26O5.C10H19ClO.C6H8O4.CH2Cl2/c1-4-5-6-7-8-9-10-11-12(17)13-14(18)20-16(2,3)21-15(13)19;1-2-3-4-5-6-7-8-9-10(11)12;1-6(2)9-4(7)3-5(8)10-6;2-1-3/h17H,4-11H2,1-3H3;2-9H2,1H3;3H2,1-2H3;1H2. The molecule has 0 bridgehead atoms. The average molecular weight is 718 g/mol. The Kier molecular flexibility index (Phi) is 27.0. The Morgan fingerprint density at radius 3 is 1.30 bits per heavy atom. The first kappa shape index (κ1) is 46.1. The average Bonchev–Trinajstić information content (AvgIpc) is 2.90. The molecule has 0 radical (unpaired) electrons. The Morgan fingerprint density at radius 2 is 0.957 bits per heavy atom. The molecule has 46 heavy (non-hydrogen) atoms. The Bertz CT molecular complexity index is 908. The van der Waals surface area contributed by atoms with Crippen molar-refractivity contribution in [2.45, 2.75) is 162 Å². The lowest BCUT2D eigenvalue weighted by molar-refractivity contribution is -0.231. The molecule has 0 unspecified atom stereocenters. The fourth-order valence-electron chi connectivity index (χ4n) is 4.24. The van der Waals surface area contributed by atoms with E-state index in [-0.39, 0.29) is 28.3 Å². The van der Waals surface area contributed by atoms with Crippen LogP contribution in [0.2, 0.25) is 0 Å². The minimum absolute atomic E-state index is 0.191. The molecule has 2 fully saturated rings. The normalized spacial score (nSPS) is 16.1. The first-order valence-electron chi connectivity index (χ1n) is 16.2. The Labute approximate surface area is 290 Å². The van der Waals surface area contributed by atoms with Crippen LogP contribution in [0, 0.1) is 0 Å². The molecule has 0 saturated carbocycles. The maximum absolute atomic E-state index is 11.7. The zero-order valence-electron chi connectivity index (χ0n) is 28.5. The molecule has 13 heteroatoms. The minimum atomic E-state index is -1.27. The highest BCUT2D eigenvalue weighted by molar-refractivity contribution is 6.63. The minimum Gasteiger partial charge on any atom is -0.511 e. The van der Waals surface area contributed by atoms with Gasteiger partial charge in [0.15, 0.2) is 5.57 Å². The summed E-state index contributed by atoms with van der Waals surface area (Å²) in [5, 5.41) is 9.91. The largest absolute Gasteiger partial charge is 0.511 e. The molecular formula is C33H55Cl3O10. The van der Waals surface area contributed by atoms with Gasteiger partial charge in [-0.25, -0.2) is 9.59 Å². The second-order valence-corrected chi connectivity index (χ2v) is 13.0. The molecule has 2 heterocycles. The van der Waals surface area contributed by atoms with Gasteiger partial charge in [0.2, 0.25) is 5.24 Å². The number of cyclic esters (lactones) is 4. The van der Waals surface area contributed by atoms with Gasteiger partial charge in [0.1, 0.15) is 12.2 Å². The third kappa shape index (κ3) is 26.1. The molecule has 2 saturated heterocycles. The van der Waals surface area contributed by atoms with Crippen LogP contribution in [-0.2, 0) is 42.9 Å². The van der Waals surface area contributed by atoms with E-state index in [1.807, 2.05) is 0 Å². The van der Waals surface area contributed by atoms with Crippen LogP contribution in [0.5, 0.6) is 0 Å². The zero-order chi connectivity index (χ0) is 35.6. The number of carbonyl (C=O) groups is 5. The van der Waals surface area contributed by atoms with E-state index in [2.05, 4.69) is 23.3 Å². The van der Waals surface area contributed by atoms with Crippen LogP contribution >= 0.6 is 34.8 Å². The number of hydrogen-bond acceptors (Lipinski definition) is 10. The number of halogens is 3. The molecule has 0 aromatic carbocycles. The Balaban J connectivity index is 0. The van der Waals surface area contributed by atoms with Gasteiger partial charge in [-0.1, -0.05) is 90.9 Å². The van der Waals surface area contributed by atoms with Crippen LogP contribution in [0.25, 0.3) is 0 Å². The molecule has 0 aromatic heterocycles. The molecule has 0 atom stereocenters. The second-order valence-electron chi connectivity index (χ2n) is 11.7. The van der Waals surface area contributed by atoms with Crippen LogP contribution in [0.3, 0.4) is 0 Å². The molecule has 0 amide bonds. The van der Waals surface area contributed by atoms with Gasteiger partial charge >= 0.3 is 23.9 Å². The van der Waals surface area contributed by atoms with Crippen molar-refractivity contribution in [3.05, 3.63) is 11.3 Å². The van der Waals surface area contributed by atoms with Gasteiger partial charge in [0, 0.05) is 40.5 Å². The van der Waals surface area contributed by atoms with Crippen molar-refractivity contribution in [1.29, 1.82) is 0 Å². The number of carbonyl (C=O) groups excluding carboxylic acids is 5. The predicted octanol–water partition coefficient (Wildman–Crippen LogP) is 9.30. The lowest BCUT2D eigenvalue weighted by Crippen LogP contribution is -2.42. The Hall–Kier alpha value is -2.04. The fraction of sp³-hybridized carbons (Fsp3) is 0.788. The fourth-order valence-corrected chi connectivity index (χ4v) is 4.38. The molecule has 268 valence electrons. The number of esters is 4. The molecule has 2 aliphatic heterocycles. The van der Waals surface area contributed by atoms with Crippen LogP contribution in [-0.4, -0.2) is 51.1 Å². The number of hydrogen-bond donors (Lipinski definition) is 1. The van der Waals surface area contributed by atoms with E-state index in [4.69, 9.17) is 44.3 Å².